The minimum absolute atomic E-state index is 0.0821. The third-order valence-corrected chi connectivity index (χ3v) is 3.48. The van der Waals surface area contributed by atoms with Gasteiger partial charge in [0.25, 0.3) is 0 Å². The molecule has 6 nitrogen and oxygen atoms in total. The fourth-order valence-electron chi connectivity index (χ4n) is 1.75. The van der Waals surface area contributed by atoms with E-state index in [1.807, 2.05) is 27.7 Å². The summed E-state index contributed by atoms with van der Waals surface area (Å²) in [5.74, 6) is -0.529. The zero-order valence-electron chi connectivity index (χ0n) is 11.7. The molecule has 0 unspecified atom stereocenters. The van der Waals surface area contributed by atoms with Crippen LogP contribution in [0.3, 0.4) is 0 Å². The fourth-order valence-corrected chi connectivity index (χ4v) is 2.82. The maximum atomic E-state index is 11.2. The van der Waals surface area contributed by atoms with E-state index in [-0.39, 0.29) is 6.04 Å². The normalized spacial score (nSPS) is 22.1. The second-order valence-corrected chi connectivity index (χ2v) is 7.61. The van der Waals surface area contributed by atoms with Crippen LogP contribution in [-0.4, -0.2) is 51.8 Å². The van der Waals surface area contributed by atoms with Crippen LogP contribution < -0.4 is 10.0 Å². The molecule has 1 saturated heterocycles. The van der Waals surface area contributed by atoms with Gasteiger partial charge in [0.1, 0.15) is 0 Å². The molecule has 108 valence electrons. The Hall–Kier alpha value is -0.210. The van der Waals surface area contributed by atoms with E-state index in [4.69, 9.17) is 9.47 Å². The minimum atomic E-state index is -3.21. The highest BCUT2D eigenvalue weighted by atomic mass is 32.2. The van der Waals surface area contributed by atoms with Gasteiger partial charge in [-0.3, -0.25) is 0 Å². The standard InChI is InChI=1S/C11H24N2O4S/c1-10(2,13-18(5,14)15)8-12-9-6-16-11(3,4)17-7-9/h9,12-13H,6-8H2,1-5H3. The molecule has 1 rings (SSSR count). The zero-order chi connectivity index (χ0) is 14.0. The number of hydrogen-bond donors (Lipinski definition) is 2. The molecule has 0 spiro atoms. The summed E-state index contributed by atoms with van der Waals surface area (Å²) in [7, 11) is -3.21. The van der Waals surface area contributed by atoms with E-state index >= 15 is 0 Å². The van der Waals surface area contributed by atoms with Crippen LogP contribution in [0.25, 0.3) is 0 Å². The maximum Gasteiger partial charge on any atom is 0.209 e. The molecular weight excluding hydrogens is 256 g/mol. The van der Waals surface area contributed by atoms with Crippen LogP contribution in [0.2, 0.25) is 0 Å². The van der Waals surface area contributed by atoms with Crippen molar-refractivity contribution in [2.75, 3.05) is 26.0 Å². The summed E-state index contributed by atoms with van der Waals surface area (Å²) in [5, 5.41) is 3.25. The molecule has 0 amide bonds. The molecule has 1 fully saturated rings. The van der Waals surface area contributed by atoms with Crippen molar-refractivity contribution in [3.05, 3.63) is 0 Å². The van der Waals surface area contributed by atoms with E-state index in [0.29, 0.717) is 19.8 Å². The molecule has 0 atom stereocenters. The number of ether oxygens (including phenoxy) is 2. The van der Waals surface area contributed by atoms with Gasteiger partial charge in [-0.1, -0.05) is 0 Å². The Bertz CT molecular complexity index is 369. The third kappa shape index (κ3) is 6.10. The molecule has 1 heterocycles. The fraction of sp³-hybridized carbons (Fsp3) is 1.00. The highest BCUT2D eigenvalue weighted by Gasteiger charge is 2.30. The lowest BCUT2D eigenvalue weighted by Gasteiger charge is -2.36. The lowest BCUT2D eigenvalue weighted by molar-refractivity contribution is -0.253. The Kier molecular flexibility index (Phi) is 4.77. The molecule has 0 aromatic heterocycles. The van der Waals surface area contributed by atoms with Crippen molar-refractivity contribution in [3.8, 4) is 0 Å². The second-order valence-electron chi connectivity index (χ2n) is 5.86. The molecule has 0 bridgehead atoms. The van der Waals surface area contributed by atoms with Crippen LogP contribution in [0.15, 0.2) is 0 Å². The lowest BCUT2D eigenvalue weighted by atomic mass is 10.1. The first-order chi connectivity index (χ1) is 7.99. The largest absolute Gasteiger partial charge is 0.349 e. The predicted molar refractivity (Wildman–Crippen MR) is 69.8 cm³/mol. The Morgan fingerprint density at radius 3 is 2.22 bits per heavy atom. The van der Waals surface area contributed by atoms with Gasteiger partial charge in [-0.05, 0) is 27.7 Å². The molecule has 0 aromatic rings. The average Bonchev–Trinajstić information content (AvgIpc) is 2.12. The lowest BCUT2D eigenvalue weighted by Crippen LogP contribution is -2.55. The third-order valence-electron chi connectivity index (χ3n) is 2.56. The van der Waals surface area contributed by atoms with Crippen LogP contribution in [0.1, 0.15) is 27.7 Å². The van der Waals surface area contributed by atoms with E-state index in [1.165, 1.54) is 0 Å². The van der Waals surface area contributed by atoms with Gasteiger partial charge in [0.15, 0.2) is 5.79 Å². The predicted octanol–water partition coefficient (Wildman–Crippen LogP) is 0.0553. The molecule has 1 aliphatic rings. The summed E-state index contributed by atoms with van der Waals surface area (Å²) in [6, 6.07) is 0.0821. The van der Waals surface area contributed by atoms with Crippen LogP contribution in [0.4, 0.5) is 0 Å². The smallest absolute Gasteiger partial charge is 0.209 e. The topological polar surface area (TPSA) is 76.7 Å². The van der Waals surface area contributed by atoms with Crippen molar-refractivity contribution in [1.82, 2.24) is 10.0 Å². The van der Waals surface area contributed by atoms with Crippen LogP contribution in [0, 0.1) is 0 Å². The Balaban J connectivity index is 2.37. The van der Waals surface area contributed by atoms with Crippen molar-refractivity contribution >= 4 is 10.0 Å². The van der Waals surface area contributed by atoms with Crippen molar-refractivity contribution < 1.29 is 17.9 Å². The summed E-state index contributed by atoms with van der Waals surface area (Å²) in [6.45, 7) is 9.03. The highest BCUT2D eigenvalue weighted by Crippen LogP contribution is 2.17. The van der Waals surface area contributed by atoms with Gasteiger partial charge in [-0.25, -0.2) is 13.1 Å². The van der Waals surface area contributed by atoms with Crippen molar-refractivity contribution in [2.45, 2.75) is 45.1 Å². The number of rotatable bonds is 5. The quantitative estimate of drug-likeness (QED) is 0.744. The molecule has 7 heteroatoms. The summed E-state index contributed by atoms with van der Waals surface area (Å²) in [6.07, 6.45) is 1.16. The van der Waals surface area contributed by atoms with Crippen molar-refractivity contribution in [2.24, 2.45) is 0 Å². The molecule has 18 heavy (non-hydrogen) atoms. The zero-order valence-corrected chi connectivity index (χ0v) is 12.6. The first-order valence-corrected chi connectivity index (χ1v) is 7.88. The second kappa shape index (κ2) is 5.42. The molecule has 2 N–H and O–H groups in total. The van der Waals surface area contributed by atoms with Gasteiger partial charge in [-0.15, -0.1) is 0 Å². The SMILES string of the molecule is CC(C)(CNC1COC(C)(C)OC1)NS(C)(=O)=O. The van der Waals surface area contributed by atoms with E-state index in [0.717, 1.165) is 6.26 Å². The molecule has 0 saturated carbocycles. The van der Waals surface area contributed by atoms with E-state index in [2.05, 4.69) is 10.0 Å². The monoisotopic (exact) mass is 280 g/mol. The first kappa shape index (κ1) is 15.8. The van der Waals surface area contributed by atoms with Crippen LogP contribution in [0.5, 0.6) is 0 Å². The van der Waals surface area contributed by atoms with Crippen LogP contribution >= 0.6 is 0 Å². The van der Waals surface area contributed by atoms with E-state index < -0.39 is 21.3 Å². The van der Waals surface area contributed by atoms with Crippen molar-refractivity contribution in [1.29, 1.82) is 0 Å². The maximum absolute atomic E-state index is 11.2. The molecule has 0 aromatic carbocycles. The molecule has 0 aliphatic carbocycles. The molecule has 0 radical (unpaired) electrons. The Morgan fingerprint density at radius 1 is 1.28 bits per heavy atom. The molecular formula is C11H24N2O4S. The van der Waals surface area contributed by atoms with Gasteiger partial charge >= 0.3 is 0 Å². The average molecular weight is 280 g/mol. The Morgan fingerprint density at radius 2 is 1.78 bits per heavy atom. The summed E-state index contributed by atoms with van der Waals surface area (Å²) in [5.41, 5.74) is -0.541. The van der Waals surface area contributed by atoms with E-state index in [9.17, 15) is 8.42 Å². The van der Waals surface area contributed by atoms with Gasteiger partial charge in [0.05, 0.1) is 25.5 Å². The number of sulfonamides is 1. The Labute approximate surface area is 109 Å². The highest BCUT2D eigenvalue weighted by molar-refractivity contribution is 7.88. The minimum Gasteiger partial charge on any atom is -0.349 e. The number of nitrogens with one attached hydrogen (secondary N) is 2. The van der Waals surface area contributed by atoms with Gasteiger partial charge in [-0.2, -0.15) is 0 Å². The molecule has 1 aliphatic heterocycles. The van der Waals surface area contributed by atoms with Crippen molar-refractivity contribution in [3.63, 3.8) is 0 Å². The summed E-state index contributed by atoms with van der Waals surface area (Å²) < 4.78 is 36.0. The first-order valence-electron chi connectivity index (χ1n) is 5.99. The summed E-state index contributed by atoms with van der Waals surface area (Å²) >= 11 is 0. The summed E-state index contributed by atoms with van der Waals surface area (Å²) in [4.78, 5) is 0. The van der Waals surface area contributed by atoms with Gasteiger partial charge in [0, 0.05) is 12.1 Å². The van der Waals surface area contributed by atoms with Gasteiger partial charge < -0.3 is 14.8 Å². The van der Waals surface area contributed by atoms with Gasteiger partial charge in [0.2, 0.25) is 10.0 Å². The van der Waals surface area contributed by atoms with E-state index in [1.54, 1.807) is 0 Å². The van der Waals surface area contributed by atoms with Crippen LogP contribution in [-0.2, 0) is 19.5 Å². The number of hydrogen-bond acceptors (Lipinski definition) is 5.